The molecule has 9 nitrogen and oxygen atoms in total. The van der Waals surface area contributed by atoms with Gasteiger partial charge in [0.15, 0.2) is 6.61 Å². The van der Waals surface area contributed by atoms with Crippen LogP contribution in [0.4, 0.5) is 5.69 Å². The summed E-state index contributed by atoms with van der Waals surface area (Å²) in [5.74, 6) is 0.380. The number of nitrogens with two attached hydrogens (primary N) is 1. The van der Waals surface area contributed by atoms with Crippen LogP contribution in [-0.2, 0) is 14.3 Å². The lowest BCUT2D eigenvalue weighted by atomic mass is 9.99. The maximum absolute atomic E-state index is 11.4. The topological polar surface area (TPSA) is 130 Å². The molecular weight excluding hydrogens is 465 g/mol. The first kappa shape index (κ1) is 29.9. The molecule has 2 aromatic rings. The number of rotatable bonds is 5. The number of nitrogens with one attached hydrogen (secondary N) is 2. The number of methoxy groups -OCH3 is 1. The van der Waals surface area contributed by atoms with Crippen molar-refractivity contribution in [3.05, 3.63) is 53.6 Å². The Morgan fingerprint density at radius 1 is 1.31 bits per heavy atom. The standard InChI is InChI=1S/C20H23N4O3P.C3H9N.C2H4O/c1-12(21)24-17-8-5-14(27-11-19(25)26-2)9-16(17)20(23-10-18(24)22)13-3-6-15(28)7-4-13;1-3-4-2;1-2-3/h3-9,18,21H,10-11,22,28H2,1-2H3;4H,3H2,1-2H3;2H,1H3. The van der Waals surface area contributed by atoms with Gasteiger partial charge >= 0.3 is 5.97 Å². The Bertz CT molecular complexity index is 1010. The van der Waals surface area contributed by atoms with Gasteiger partial charge < -0.3 is 30.2 Å². The van der Waals surface area contributed by atoms with Gasteiger partial charge in [-0.2, -0.15) is 0 Å². The number of hydrogen-bond donors (Lipinski definition) is 3. The molecule has 0 spiro atoms. The van der Waals surface area contributed by atoms with E-state index in [0.29, 0.717) is 18.1 Å². The number of benzene rings is 2. The van der Waals surface area contributed by atoms with Crippen LogP contribution in [0.5, 0.6) is 5.75 Å². The maximum Gasteiger partial charge on any atom is 0.343 e. The van der Waals surface area contributed by atoms with E-state index in [-0.39, 0.29) is 6.61 Å². The van der Waals surface area contributed by atoms with Crippen LogP contribution in [-0.4, -0.2) is 63.8 Å². The molecule has 10 heteroatoms. The second-order valence-corrected chi connectivity index (χ2v) is 7.99. The van der Waals surface area contributed by atoms with E-state index in [0.717, 1.165) is 40.7 Å². The van der Waals surface area contributed by atoms with Gasteiger partial charge in [0.1, 0.15) is 18.2 Å². The first-order chi connectivity index (χ1) is 16.7. The van der Waals surface area contributed by atoms with Crippen molar-refractivity contribution in [3.63, 3.8) is 0 Å². The van der Waals surface area contributed by atoms with Crippen molar-refractivity contribution in [2.75, 3.05) is 38.8 Å². The highest BCUT2D eigenvalue weighted by Gasteiger charge is 2.26. The zero-order valence-electron chi connectivity index (χ0n) is 21.0. The minimum absolute atomic E-state index is 0.184. The first-order valence-electron chi connectivity index (χ1n) is 11.1. The minimum Gasteiger partial charge on any atom is -0.482 e. The van der Waals surface area contributed by atoms with Crippen LogP contribution < -0.4 is 26.0 Å². The highest BCUT2D eigenvalue weighted by Crippen LogP contribution is 2.31. The summed E-state index contributed by atoms with van der Waals surface area (Å²) >= 11 is 0. The van der Waals surface area contributed by atoms with Crippen molar-refractivity contribution in [1.29, 1.82) is 5.41 Å². The lowest BCUT2D eigenvalue weighted by Crippen LogP contribution is -2.46. The molecule has 2 aromatic carbocycles. The monoisotopic (exact) mass is 501 g/mol. The molecule has 0 saturated heterocycles. The van der Waals surface area contributed by atoms with E-state index in [9.17, 15) is 4.79 Å². The number of hydrogen-bond acceptors (Lipinski definition) is 8. The summed E-state index contributed by atoms with van der Waals surface area (Å²) in [5.41, 5.74) is 9.57. The Morgan fingerprint density at radius 2 is 1.91 bits per heavy atom. The van der Waals surface area contributed by atoms with Crippen molar-refractivity contribution in [2.45, 2.75) is 26.9 Å². The number of aldehydes is 1. The van der Waals surface area contributed by atoms with Crippen LogP contribution in [0.3, 0.4) is 0 Å². The average molecular weight is 502 g/mol. The van der Waals surface area contributed by atoms with Gasteiger partial charge in [0.2, 0.25) is 0 Å². The van der Waals surface area contributed by atoms with E-state index < -0.39 is 12.1 Å². The number of aliphatic imine (C=N–C) groups is 1. The summed E-state index contributed by atoms with van der Waals surface area (Å²) in [4.78, 5) is 26.7. The van der Waals surface area contributed by atoms with Gasteiger partial charge in [0.05, 0.1) is 30.9 Å². The second kappa shape index (κ2) is 15.7. The number of fused-ring (bicyclic) bond motifs is 1. The smallest absolute Gasteiger partial charge is 0.343 e. The number of carbonyl (C=O) groups is 2. The van der Waals surface area contributed by atoms with Gasteiger partial charge in [0.25, 0.3) is 0 Å². The number of nitrogens with zero attached hydrogens (tertiary/aromatic N) is 2. The van der Waals surface area contributed by atoms with Crippen LogP contribution in [0.1, 0.15) is 31.9 Å². The number of benzodiazepines with no additional fused rings is 1. The molecule has 190 valence electrons. The Kier molecular flexibility index (Phi) is 13.4. The Balaban J connectivity index is 0.000000778. The summed E-state index contributed by atoms with van der Waals surface area (Å²) in [6.45, 7) is 6.44. The third kappa shape index (κ3) is 9.20. The second-order valence-electron chi connectivity index (χ2n) is 7.32. The predicted molar refractivity (Wildman–Crippen MR) is 145 cm³/mol. The molecule has 3 rings (SSSR count). The Morgan fingerprint density at radius 3 is 2.43 bits per heavy atom. The third-order valence-electron chi connectivity index (χ3n) is 4.73. The highest BCUT2D eigenvalue weighted by molar-refractivity contribution is 7.27. The van der Waals surface area contributed by atoms with Crippen LogP contribution in [0, 0.1) is 5.41 Å². The number of anilines is 1. The first-order valence-corrected chi connectivity index (χ1v) is 11.7. The fraction of sp³-hybridized carbons (Fsp3) is 0.360. The summed E-state index contributed by atoms with van der Waals surface area (Å²) < 4.78 is 10.2. The number of amidine groups is 1. The largest absolute Gasteiger partial charge is 0.482 e. The van der Waals surface area contributed by atoms with Gasteiger partial charge in [-0.1, -0.05) is 31.2 Å². The average Bonchev–Trinajstić information content (AvgIpc) is 2.99. The lowest BCUT2D eigenvalue weighted by Gasteiger charge is -2.29. The van der Waals surface area contributed by atoms with E-state index >= 15 is 0 Å². The minimum atomic E-state index is -0.459. The van der Waals surface area contributed by atoms with Gasteiger partial charge in [-0.15, -0.1) is 9.24 Å². The fourth-order valence-electron chi connectivity index (χ4n) is 3.05. The zero-order valence-corrected chi connectivity index (χ0v) is 22.2. The fourth-order valence-corrected chi connectivity index (χ4v) is 3.25. The Labute approximate surface area is 209 Å². The molecule has 0 fully saturated rings. The lowest BCUT2D eigenvalue weighted by molar-refractivity contribution is -0.142. The summed E-state index contributed by atoms with van der Waals surface area (Å²) in [6.07, 6.45) is 0.302. The van der Waals surface area contributed by atoms with Crippen molar-refractivity contribution in [1.82, 2.24) is 5.32 Å². The zero-order chi connectivity index (χ0) is 26.4. The van der Waals surface area contributed by atoms with Crippen molar-refractivity contribution >= 4 is 44.0 Å². The van der Waals surface area contributed by atoms with Crippen LogP contribution >= 0.6 is 9.24 Å². The molecule has 0 bridgehead atoms. The Hall–Kier alpha value is -3.13. The molecular formula is C25H36N5O4P. The molecule has 0 saturated carbocycles. The van der Waals surface area contributed by atoms with E-state index in [1.807, 2.05) is 43.4 Å². The van der Waals surface area contributed by atoms with Gasteiger partial charge in [-0.05, 0) is 50.9 Å². The quantitative estimate of drug-likeness (QED) is 0.188. The highest BCUT2D eigenvalue weighted by atomic mass is 31.0. The van der Waals surface area contributed by atoms with Gasteiger partial charge in [-0.25, -0.2) is 4.79 Å². The molecule has 2 unspecified atom stereocenters. The van der Waals surface area contributed by atoms with Gasteiger partial charge in [-0.3, -0.25) is 10.4 Å². The number of esters is 1. The molecule has 1 aliphatic rings. The molecule has 0 radical (unpaired) electrons. The van der Waals surface area contributed by atoms with Crippen LogP contribution in [0.15, 0.2) is 47.5 Å². The normalized spacial score (nSPS) is 14.0. The van der Waals surface area contributed by atoms with Crippen molar-refractivity contribution in [2.24, 2.45) is 10.7 Å². The summed E-state index contributed by atoms with van der Waals surface area (Å²) in [7, 11) is 5.90. The molecule has 0 aliphatic carbocycles. The SMILES string of the molecule is CC=O.CCNC.COC(=O)COc1ccc2c(c1)C(c1ccc(P)cc1)=NCC(N)N2C(C)=N. The molecule has 35 heavy (non-hydrogen) atoms. The number of ether oxygens (including phenoxy) is 2. The number of carbonyl (C=O) groups excluding carboxylic acids is 2. The van der Waals surface area contributed by atoms with Crippen LogP contribution in [0.25, 0.3) is 0 Å². The van der Waals surface area contributed by atoms with Crippen molar-refractivity contribution < 1.29 is 19.1 Å². The molecule has 0 aromatic heterocycles. The molecule has 2 atom stereocenters. The van der Waals surface area contributed by atoms with Crippen LogP contribution in [0.2, 0.25) is 0 Å². The van der Waals surface area contributed by atoms with E-state index in [2.05, 4.69) is 26.2 Å². The van der Waals surface area contributed by atoms with E-state index in [4.69, 9.17) is 25.7 Å². The summed E-state index contributed by atoms with van der Waals surface area (Å²) in [5, 5.41) is 12.2. The summed E-state index contributed by atoms with van der Waals surface area (Å²) in [6, 6.07) is 13.4. The predicted octanol–water partition coefficient (Wildman–Crippen LogP) is 2.11. The molecule has 4 N–H and O–H groups in total. The van der Waals surface area contributed by atoms with E-state index in [1.54, 1.807) is 17.9 Å². The molecule has 1 aliphatic heterocycles. The van der Waals surface area contributed by atoms with Crippen molar-refractivity contribution in [3.8, 4) is 5.75 Å². The molecule has 0 amide bonds. The van der Waals surface area contributed by atoms with Gasteiger partial charge in [0, 0.05) is 11.1 Å². The maximum atomic E-state index is 11.4. The molecule has 1 heterocycles. The third-order valence-corrected chi connectivity index (χ3v) is 5.12. The van der Waals surface area contributed by atoms with E-state index in [1.165, 1.54) is 14.0 Å².